The van der Waals surface area contributed by atoms with E-state index in [-0.39, 0.29) is 17.2 Å². The molecular weight excluding hydrogens is 236 g/mol. The van der Waals surface area contributed by atoms with Crippen molar-refractivity contribution in [1.82, 2.24) is 0 Å². The molecule has 0 saturated carbocycles. The fraction of sp³-hybridized carbons (Fsp3) is 0.333. The van der Waals surface area contributed by atoms with Crippen molar-refractivity contribution in [3.63, 3.8) is 0 Å². The van der Waals surface area contributed by atoms with E-state index in [1.807, 2.05) is 0 Å². The van der Waals surface area contributed by atoms with Crippen molar-refractivity contribution in [3.05, 3.63) is 23.8 Å². The van der Waals surface area contributed by atoms with Gasteiger partial charge in [0.2, 0.25) is 5.91 Å². The standard InChI is InChI=1S/C12H16N2O4/c1-3-9(13)11(15)14-7-4-5-8(12(16)17)10(6-7)18-2/h4-6,9H,3,13H2,1-2H3,(H,14,15)(H,16,17)/t9-/m1/s1. The van der Waals surface area contributed by atoms with E-state index in [9.17, 15) is 9.59 Å². The lowest BCUT2D eigenvalue weighted by molar-refractivity contribution is -0.117. The number of amides is 1. The van der Waals surface area contributed by atoms with Crippen molar-refractivity contribution in [1.29, 1.82) is 0 Å². The van der Waals surface area contributed by atoms with Crippen LogP contribution in [0.2, 0.25) is 0 Å². The highest BCUT2D eigenvalue weighted by Crippen LogP contribution is 2.23. The molecule has 0 spiro atoms. The number of hydrogen-bond acceptors (Lipinski definition) is 4. The zero-order chi connectivity index (χ0) is 13.7. The predicted octanol–water partition coefficient (Wildman–Crippen LogP) is 1.07. The number of carbonyl (C=O) groups excluding carboxylic acids is 1. The molecule has 1 aromatic rings. The number of anilines is 1. The first-order valence-electron chi connectivity index (χ1n) is 5.47. The van der Waals surface area contributed by atoms with Crippen molar-refractivity contribution in [2.24, 2.45) is 5.73 Å². The van der Waals surface area contributed by atoms with Crippen molar-refractivity contribution in [3.8, 4) is 5.75 Å². The van der Waals surface area contributed by atoms with Crippen LogP contribution in [0.4, 0.5) is 5.69 Å². The van der Waals surface area contributed by atoms with E-state index in [2.05, 4.69) is 5.32 Å². The first-order chi connectivity index (χ1) is 8.49. The van der Waals surface area contributed by atoms with Crippen LogP contribution in [0.3, 0.4) is 0 Å². The molecule has 0 bridgehead atoms. The Morgan fingerprint density at radius 1 is 1.50 bits per heavy atom. The molecule has 1 aromatic carbocycles. The van der Waals surface area contributed by atoms with Gasteiger partial charge in [-0.25, -0.2) is 4.79 Å². The fourth-order valence-electron chi connectivity index (χ4n) is 1.37. The Kier molecular flexibility index (Phi) is 4.67. The summed E-state index contributed by atoms with van der Waals surface area (Å²) in [5, 5.41) is 11.5. The number of nitrogens with two attached hydrogens (primary N) is 1. The summed E-state index contributed by atoms with van der Waals surface area (Å²) in [5.41, 5.74) is 6.06. The summed E-state index contributed by atoms with van der Waals surface area (Å²) in [7, 11) is 1.37. The lowest BCUT2D eigenvalue weighted by atomic mass is 10.1. The number of carboxylic acids is 1. The third-order valence-corrected chi connectivity index (χ3v) is 2.48. The Morgan fingerprint density at radius 2 is 2.17 bits per heavy atom. The summed E-state index contributed by atoms with van der Waals surface area (Å²) >= 11 is 0. The molecule has 1 amide bonds. The third-order valence-electron chi connectivity index (χ3n) is 2.48. The van der Waals surface area contributed by atoms with Gasteiger partial charge in [-0.15, -0.1) is 0 Å². The Balaban J connectivity index is 2.92. The number of methoxy groups -OCH3 is 1. The number of benzene rings is 1. The second-order valence-electron chi connectivity index (χ2n) is 3.72. The highest BCUT2D eigenvalue weighted by atomic mass is 16.5. The summed E-state index contributed by atoms with van der Waals surface area (Å²) in [6.45, 7) is 1.80. The van der Waals surface area contributed by atoms with Gasteiger partial charge in [-0.1, -0.05) is 6.92 Å². The molecule has 0 aromatic heterocycles. The molecule has 18 heavy (non-hydrogen) atoms. The molecule has 1 atom stereocenters. The summed E-state index contributed by atoms with van der Waals surface area (Å²) in [5.74, 6) is -1.22. The van der Waals surface area contributed by atoms with Gasteiger partial charge in [-0.3, -0.25) is 4.79 Å². The van der Waals surface area contributed by atoms with Crippen LogP contribution in [0.5, 0.6) is 5.75 Å². The van der Waals surface area contributed by atoms with Crippen LogP contribution in [0, 0.1) is 0 Å². The molecule has 1 rings (SSSR count). The average molecular weight is 252 g/mol. The quantitative estimate of drug-likeness (QED) is 0.727. The van der Waals surface area contributed by atoms with Gasteiger partial charge >= 0.3 is 5.97 Å². The molecule has 0 unspecified atom stereocenters. The minimum atomic E-state index is -1.09. The summed E-state index contributed by atoms with van der Waals surface area (Å²) in [6.07, 6.45) is 0.524. The van der Waals surface area contributed by atoms with Crippen LogP contribution >= 0.6 is 0 Å². The van der Waals surface area contributed by atoms with E-state index < -0.39 is 12.0 Å². The van der Waals surface area contributed by atoms with E-state index in [1.165, 1.54) is 25.3 Å². The molecule has 98 valence electrons. The first-order valence-corrected chi connectivity index (χ1v) is 5.47. The molecule has 6 nitrogen and oxygen atoms in total. The number of ether oxygens (including phenoxy) is 1. The Labute approximate surface area is 105 Å². The van der Waals surface area contributed by atoms with E-state index in [0.29, 0.717) is 12.1 Å². The number of carboxylic acid groups (broad SMARTS) is 1. The molecular formula is C12H16N2O4. The number of nitrogens with one attached hydrogen (secondary N) is 1. The van der Waals surface area contributed by atoms with Gasteiger partial charge in [0.05, 0.1) is 13.2 Å². The maximum Gasteiger partial charge on any atom is 0.339 e. The smallest absolute Gasteiger partial charge is 0.339 e. The zero-order valence-electron chi connectivity index (χ0n) is 10.3. The highest BCUT2D eigenvalue weighted by Gasteiger charge is 2.14. The normalized spacial score (nSPS) is 11.7. The lowest BCUT2D eigenvalue weighted by Gasteiger charge is -2.12. The summed E-state index contributed by atoms with van der Waals surface area (Å²) in [6, 6.07) is 3.72. The zero-order valence-corrected chi connectivity index (χ0v) is 10.3. The topological polar surface area (TPSA) is 102 Å². The molecule has 0 fully saturated rings. The molecule has 0 aliphatic heterocycles. The molecule has 0 radical (unpaired) electrons. The second kappa shape index (κ2) is 6.02. The monoisotopic (exact) mass is 252 g/mol. The molecule has 4 N–H and O–H groups in total. The van der Waals surface area contributed by atoms with Gasteiger partial charge in [0, 0.05) is 11.8 Å². The molecule has 0 saturated heterocycles. The van der Waals surface area contributed by atoms with Crippen LogP contribution in [0.25, 0.3) is 0 Å². The molecule has 6 heteroatoms. The Hall–Kier alpha value is -2.08. The number of hydrogen-bond donors (Lipinski definition) is 3. The Bertz CT molecular complexity index is 459. The van der Waals surface area contributed by atoms with Crippen molar-refractivity contribution < 1.29 is 19.4 Å². The van der Waals surface area contributed by atoms with E-state index in [0.717, 1.165) is 0 Å². The maximum absolute atomic E-state index is 11.6. The van der Waals surface area contributed by atoms with Crippen molar-refractivity contribution in [2.75, 3.05) is 12.4 Å². The molecule has 0 aliphatic carbocycles. The minimum absolute atomic E-state index is 0.0373. The molecule has 0 aliphatic rings. The maximum atomic E-state index is 11.6. The predicted molar refractivity (Wildman–Crippen MR) is 66.8 cm³/mol. The lowest BCUT2D eigenvalue weighted by Crippen LogP contribution is -2.34. The van der Waals surface area contributed by atoms with Crippen LogP contribution in [0.15, 0.2) is 18.2 Å². The van der Waals surface area contributed by atoms with E-state index in [4.69, 9.17) is 15.6 Å². The van der Waals surface area contributed by atoms with Gasteiger partial charge < -0.3 is 20.9 Å². The Morgan fingerprint density at radius 3 is 2.67 bits per heavy atom. The fourth-order valence-corrected chi connectivity index (χ4v) is 1.37. The van der Waals surface area contributed by atoms with Crippen LogP contribution in [-0.2, 0) is 4.79 Å². The number of rotatable bonds is 5. The number of carbonyl (C=O) groups is 2. The molecule has 0 heterocycles. The van der Waals surface area contributed by atoms with Gasteiger partial charge in [-0.05, 0) is 18.6 Å². The average Bonchev–Trinajstić information content (AvgIpc) is 2.37. The van der Waals surface area contributed by atoms with Crippen molar-refractivity contribution in [2.45, 2.75) is 19.4 Å². The van der Waals surface area contributed by atoms with Gasteiger partial charge in [-0.2, -0.15) is 0 Å². The van der Waals surface area contributed by atoms with Crippen LogP contribution in [-0.4, -0.2) is 30.1 Å². The van der Waals surface area contributed by atoms with Crippen LogP contribution < -0.4 is 15.8 Å². The third kappa shape index (κ3) is 3.21. The summed E-state index contributed by atoms with van der Waals surface area (Å²) < 4.78 is 4.95. The van der Waals surface area contributed by atoms with Gasteiger partial charge in [0.25, 0.3) is 0 Å². The van der Waals surface area contributed by atoms with Crippen LogP contribution in [0.1, 0.15) is 23.7 Å². The van der Waals surface area contributed by atoms with Gasteiger partial charge in [0.1, 0.15) is 11.3 Å². The van der Waals surface area contributed by atoms with E-state index in [1.54, 1.807) is 6.92 Å². The summed E-state index contributed by atoms with van der Waals surface area (Å²) in [4.78, 5) is 22.5. The largest absolute Gasteiger partial charge is 0.496 e. The second-order valence-corrected chi connectivity index (χ2v) is 3.72. The van der Waals surface area contributed by atoms with E-state index >= 15 is 0 Å². The van der Waals surface area contributed by atoms with Gasteiger partial charge in [0.15, 0.2) is 0 Å². The minimum Gasteiger partial charge on any atom is -0.496 e. The van der Waals surface area contributed by atoms with Crippen molar-refractivity contribution >= 4 is 17.6 Å². The SMILES string of the molecule is CC[C@@H](N)C(=O)Nc1ccc(C(=O)O)c(OC)c1. The first kappa shape index (κ1) is 14.0. The highest BCUT2D eigenvalue weighted by molar-refractivity contribution is 5.96. The number of aromatic carboxylic acids is 1.